The van der Waals surface area contributed by atoms with Gasteiger partial charge in [0.2, 0.25) is 5.69 Å². The van der Waals surface area contributed by atoms with E-state index in [2.05, 4.69) is 18.2 Å². The summed E-state index contributed by atoms with van der Waals surface area (Å²) in [6.07, 6.45) is 0. The fourth-order valence-electron chi connectivity index (χ4n) is 3.44. The van der Waals surface area contributed by atoms with E-state index >= 15 is 0 Å². The molecule has 0 aliphatic rings. The first-order chi connectivity index (χ1) is 13.2. The van der Waals surface area contributed by atoms with Gasteiger partial charge in [-0.3, -0.25) is 0 Å². The summed E-state index contributed by atoms with van der Waals surface area (Å²) >= 11 is 1.65. The molecule has 0 aliphatic carbocycles. The number of fused-ring (bicyclic) bond motifs is 3. The second-order valence-electron chi connectivity index (χ2n) is 6.36. The maximum Gasteiger partial charge on any atom is 0.214 e. The fourth-order valence-corrected chi connectivity index (χ4v) is 4.77. The molecule has 0 radical (unpaired) electrons. The van der Waals surface area contributed by atoms with Crippen LogP contribution in [0.4, 0.5) is 0 Å². The van der Waals surface area contributed by atoms with Crippen LogP contribution in [0.15, 0.2) is 42.5 Å². The van der Waals surface area contributed by atoms with Gasteiger partial charge in [0.05, 0.1) is 17.2 Å². The lowest BCUT2D eigenvalue weighted by Gasteiger charge is -2.09. The molecule has 2 heterocycles. The third-order valence-electron chi connectivity index (χ3n) is 4.80. The van der Waals surface area contributed by atoms with E-state index in [1.165, 1.54) is 0 Å². The van der Waals surface area contributed by atoms with E-state index in [9.17, 15) is 5.26 Å². The summed E-state index contributed by atoms with van der Waals surface area (Å²) in [6.45, 7) is 1.80. The van der Waals surface area contributed by atoms with Crippen molar-refractivity contribution in [2.24, 2.45) is 7.05 Å². The molecule has 2 aromatic carbocycles. The van der Waals surface area contributed by atoms with Gasteiger partial charge in [-0.05, 0) is 37.0 Å². The summed E-state index contributed by atoms with van der Waals surface area (Å²) in [5.41, 5.74) is 4.87. The van der Waals surface area contributed by atoms with E-state index < -0.39 is 6.85 Å². The number of benzene rings is 2. The van der Waals surface area contributed by atoms with Crippen LogP contribution in [0.3, 0.4) is 0 Å². The smallest absolute Gasteiger partial charge is 0.199 e. The highest BCUT2D eigenvalue weighted by Crippen LogP contribution is 2.42. The second kappa shape index (κ2) is 5.68. The molecule has 0 amide bonds. The summed E-state index contributed by atoms with van der Waals surface area (Å²) in [5, 5.41) is 11.6. The van der Waals surface area contributed by atoms with E-state index in [0.29, 0.717) is 11.1 Å². The zero-order chi connectivity index (χ0) is 20.2. The highest BCUT2D eigenvalue weighted by atomic mass is 32.1. The highest BCUT2D eigenvalue weighted by molar-refractivity contribution is 7.26. The number of nitrogens with zero attached hydrogens (tertiary/aromatic N) is 2. The van der Waals surface area contributed by atoms with E-state index in [1.807, 2.05) is 43.7 Å². The minimum atomic E-state index is -2.16. The van der Waals surface area contributed by atoms with E-state index in [4.69, 9.17) is 4.11 Å². The van der Waals surface area contributed by atoms with Gasteiger partial charge < -0.3 is 0 Å². The molecule has 4 rings (SSSR count). The summed E-state index contributed by atoms with van der Waals surface area (Å²) in [5.74, 6) is 0. The number of hydrogen-bond acceptors (Lipinski definition) is 2. The lowest BCUT2D eigenvalue weighted by molar-refractivity contribution is -0.666. The van der Waals surface area contributed by atoms with Crippen molar-refractivity contribution < 1.29 is 8.68 Å². The van der Waals surface area contributed by atoms with Gasteiger partial charge in [0.25, 0.3) is 0 Å². The van der Waals surface area contributed by atoms with Crippen LogP contribution >= 0.6 is 11.3 Å². The molecule has 25 heavy (non-hydrogen) atoms. The number of aryl methyl sites for hydroxylation is 3. The maximum atomic E-state index is 9.55. The average molecular weight is 346 g/mol. The summed E-state index contributed by atoms with van der Waals surface area (Å²) in [6, 6.07) is 15.7. The zero-order valence-corrected chi connectivity index (χ0v) is 15.2. The SMILES string of the molecule is [2H]C([2H])([2H])c1cc(C)[n+](C)c(-c2c(C)ccc3c2sc2cccc(C#N)c23)c1. The third-order valence-corrected chi connectivity index (χ3v) is 5.99. The Bertz CT molecular complexity index is 1290. The first-order valence-electron chi connectivity index (χ1n) is 9.59. The Hall–Kier alpha value is -2.70. The Morgan fingerprint density at radius 2 is 2.00 bits per heavy atom. The molecular formula is C22H19N2S+. The molecule has 2 aromatic heterocycles. The van der Waals surface area contributed by atoms with Crippen LogP contribution in [-0.4, -0.2) is 0 Å². The van der Waals surface area contributed by atoms with Crippen molar-refractivity contribution in [3.8, 4) is 17.3 Å². The maximum absolute atomic E-state index is 9.55. The number of nitriles is 1. The number of rotatable bonds is 1. The normalized spacial score (nSPS) is 13.4. The van der Waals surface area contributed by atoms with E-state index in [1.54, 1.807) is 23.5 Å². The molecule has 0 saturated heterocycles. The predicted molar refractivity (Wildman–Crippen MR) is 105 cm³/mol. The van der Waals surface area contributed by atoms with E-state index in [-0.39, 0.29) is 0 Å². The monoisotopic (exact) mass is 346 g/mol. The minimum absolute atomic E-state index is 0.341. The molecule has 0 bridgehead atoms. The molecule has 0 fully saturated rings. The first-order valence-corrected chi connectivity index (χ1v) is 8.90. The number of aromatic nitrogens is 1. The van der Waals surface area contributed by atoms with Gasteiger partial charge in [0.1, 0.15) is 7.05 Å². The third kappa shape index (κ3) is 2.33. The molecular weight excluding hydrogens is 324 g/mol. The quantitative estimate of drug-likeness (QED) is 0.427. The highest BCUT2D eigenvalue weighted by Gasteiger charge is 2.21. The van der Waals surface area contributed by atoms with Crippen LogP contribution in [0.5, 0.6) is 0 Å². The van der Waals surface area contributed by atoms with Gasteiger partial charge in [0.15, 0.2) is 5.69 Å². The van der Waals surface area contributed by atoms with Gasteiger partial charge in [-0.1, -0.05) is 18.2 Å². The average Bonchev–Trinajstić information content (AvgIpc) is 3.02. The Morgan fingerprint density at radius 1 is 1.16 bits per heavy atom. The van der Waals surface area contributed by atoms with Gasteiger partial charge >= 0.3 is 0 Å². The lowest BCUT2D eigenvalue weighted by Crippen LogP contribution is -2.35. The molecule has 0 atom stereocenters. The zero-order valence-electron chi connectivity index (χ0n) is 17.3. The lowest BCUT2D eigenvalue weighted by atomic mass is 9.98. The largest absolute Gasteiger partial charge is 0.214 e. The Balaban J connectivity index is 2.15. The van der Waals surface area contributed by atoms with Gasteiger partial charge in [-0.15, -0.1) is 11.3 Å². The number of hydrogen-bond donors (Lipinski definition) is 0. The molecule has 0 aliphatic heterocycles. The predicted octanol–water partition coefficient (Wildman–Crippen LogP) is 5.34. The van der Waals surface area contributed by atoms with Crippen LogP contribution in [0.25, 0.3) is 31.4 Å². The topological polar surface area (TPSA) is 27.7 Å². The summed E-state index contributed by atoms with van der Waals surface area (Å²) < 4.78 is 27.7. The molecule has 0 saturated carbocycles. The van der Waals surface area contributed by atoms with Crippen LogP contribution in [-0.2, 0) is 7.05 Å². The molecule has 4 aromatic rings. The van der Waals surface area contributed by atoms with Crippen molar-refractivity contribution in [1.29, 1.82) is 5.26 Å². The molecule has 122 valence electrons. The van der Waals surface area contributed by atoms with E-state index in [0.717, 1.165) is 42.7 Å². The van der Waals surface area contributed by atoms with Crippen molar-refractivity contribution in [2.45, 2.75) is 20.7 Å². The molecule has 3 heteroatoms. The Labute approximate surface area is 155 Å². The van der Waals surface area contributed by atoms with Crippen molar-refractivity contribution in [2.75, 3.05) is 0 Å². The molecule has 0 unspecified atom stereocenters. The summed E-state index contributed by atoms with van der Waals surface area (Å²) in [7, 11) is 1.96. The molecule has 0 spiro atoms. The van der Waals surface area contributed by atoms with Crippen molar-refractivity contribution in [3.05, 3.63) is 64.8 Å². The fraction of sp³-hybridized carbons (Fsp3) is 0.182. The standard InChI is InChI=1S/C22H19N2S/c1-13-10-15(3)24(4)18(11-13)20-14(2)8-9-17-21-16(12-23)6-5-7-19(21)25-22(17)20/h5-11H,1-4H3/q+1/i1D3. The number of pyridine rings is 1. The Kier molecular flexibility index (Phi) is 2.87. The van der Waals surface area contributed by atoms with Gasteiger partial charge in [0, 0.05) is 43.3 Å². The Morgan fingerprint density at radius 3 is 2.76 bits per heavy atom. The molecule has 0 N–H and O–H groups in total. The van der Waals surface area contributed by atoms with Crippen molar-refractivity contribution in [3.63, 3.8) is 0 Å². The van der Waals surface area contributed by atoms with Crippen molar-refractivity contribution in [1.82, 2.24) is 0 Å². The van der Waals surface area contributed by atoms with Crippen LogP contribution < -0.4 is 4.57 Å². The van der Waals surface area contributed by atoms with Crippen LogP contribution in [0.2, 0.25) is 0 Å². The second-order valence-corrected chi connectivity index (χ2v) is 7.41. The molecule has 2 nitrogen and oxygen atoms in total. The van der Waals surface area contributed by atoms with Crippen molar-refractivity contribution >= 4 is 31.5 Å². The number of thiophene rings is 1. The summed E-state index contributed by atoms with van der Waals surface area (Å²) in [4.78, 5) is 0. The van der Waals surface area contributed by atoms with Crippen LogP contribution in [0.1, 0.15) is 26.5 Å². The van der Waals surface area contributed by atoms with Gasteiger partial charge in [-0.2, -0.15) is 9.83 Å². The first kappa shape index (κ1) is 12.6. The van der Waals surface area contributed by atoms with Gasteiger partial charge in [-0.25, -0.2) is 0 Å². The van der Waals surface area contributed by atoms with Crippen LogP contribution in [0, 0.1) is 32.0 Å². The minimum Gasteiger partial charge on any atom is -0.199 e.